The van der Waals surface area contributed by atoms with Crippen molar-refractivity contribution in [1.29, 1.82) is 0 Å². The van der Waals surface area contributed by atoms with Gasteiger partial charge in [-0.3, -0.25) is 57.5 Å². The number of Topliss-reactive ketones (excluding diaryl/α,β-unsaturated/α-hetero) is 6. The molecule has 4 saturated carbocycles. The van der Waals surface area contributed by atoms with E-state index in [2.05, 4.69) is 91.5 Å². The third kappa shape index (κ3) is 19.0. The number of aryl methyl sites for hydroxylation is 3. The summed E-state index contributed by atoms with van der Waals surface area (Å²) in [5.74, 6) is 2.13. The molecule has 3 aromatic heterocycles. The molecule has 0 unspecified atom stereocenters. The Hall–Kier alpha value is -9.28. The molecule has 0 radical (unpaired) electrons. The van der Waals surface area contributed by atoms with Gasteiger partial charge in [0.2, 0.25) is 35.4 Å². The van der Waals surface area contributed by atoms with Gasteiger partial charge < -0.3 is 55.0 Å². The number of rotatable bonds is 15. The van der Waals surface area contributed by atoms with E-state index in [-0.39, 0.29) is 136 Å². The van der Waals surface area contributed by atoms with E-state index in [0.717, 1.165) is 164 Å². The van der Waals surface area contributed by atoms with Crippen molar-refractivity contribution in [2.45, 2.75) is 325 Å². The maximum atomic E-state index is 14.1. The van der Waals surface area contributed by atoms with Gasteiger partial charge in [0.05, 0.1) is 34.7 Å². The molecular formula is C99H135N11O12. The van der Waals surface area contributed by atoms with Gasteiger partial charge in [0, 0.05) is 169 Å². The Morgan fingerprint density at radius 1 is 0.434 bits per heavy atom. The molecule has 3 saturated heterocycles. The van der Waals surface area contributed by atoms with E-state index in [9.17, 15) is 57.5 Å². The molecular weight excluding hydrogens is 1540 g/mol. The monoisotopic (exact) mass is 1670 g/mol. The minimum Gasteiger partial charge on any atom is -0.388 e. The topological polar surface area (TPSA) is 290 Å². The van der Waals surface area contributed by atoms with Gasteiger partial charge in [0.25, 0.3) is 0 Å². The van der Waals surface area contributed by atoms with Crippen molar-refractivity contribution in [3.63, 3.8) is 0 Å². The zero-order chi connectivity index (χ0) is 87.0. The predicted molar refractivity (Wildman–Crippen MR) is 476 cm³/mol. The second-order valence-electron chi connectivity index (χ2n) is 39.4. The largest absolute Gasteiger partial charge is 0.388 e. The van der Waals surface area contributed by atoms with Crippen molar-refractivity contribution in [1.82, 2.24) is 44.4 Å². The number of benzene rings is 3. The van der Waals surface area contributed by atoms with E-state index in [1.807, 2.05) is 76.0 Å². The van der Waals surface area contributed by atoms with Gasteiger partial charge in [-0.05, 0) is 199 Å². The first-order valence-electron chi connectivity index (χ1n) is 46.6. The summed E-state index contributed by atoms with van der Waals surface area (Å²) in [5, 5.41) is 19.1. The SMILES string of the molecule is CCC(=O)[C@@H]1C[C@]23CNC(=O)C[C@H](C)CCCCc4cc(CC(C)C)cc5c(C(C)=O)cn(c45)CC(=O)N1[C@@H]2C3.CCC(=O)[C@@H]1C[C@]23CNC(=O)C[C@H](C)CCCCc4cc(NC)cc5c(C(C)=O)cn(c45)CC(=O)N1[C@@H]2C3.CCC(=O)[C@@H]1C[C@]23CNC(=O)C[C@H](C)CCCCc4cc(NCC5CCCCC5)cc5c(C(C)=O)cn(c45)CC(=O)N1[C@@H]2C3. The molecule has 23 heteroatoms. The molecule has 6 bridgehead atoms. The van der Waals surface area contributed by atoms with Gasteiger partial charge >= 0.3 is 0 Å². The van der Waals surface area contributed by atoms with Gasteiger partial charge in [-0.1, -0.05) is 119 Å². The lowest BCUT2D eigenvalue weighted by Gasteiger charge is -2.27. The first kappa shape index (κ1) is 89.0. The molecule has 16 rings (SSSR count). The highest BCUT2D eigenvalue weighted by Gasteiger charge is 2.69. The van der Waals surface area contributed by atoms with E-state index in [4.69, 9.17) is 0 Å². The maximum Gasteiger partial charge on any atom is 0.243 e. The summed E-state index contributed by atoms with van der Waals surface area (Å²) in [5.41, 5.74) is 10.7. The Balaban J connectivity index is 0.000000150. The van der Waals surface area contributed by atoms with E-state index in [1.54, 1.807) is 25.7 Å². The number of anilines is 2. The molecule has 3 aromatic carbocycles. The number of ketones is 6. The zero-order valence-electron chi connectivity index (χ0n) is 74.8. The van der Waals surface area contributed by atoms with Gasteiger partial charge in [-0.25, -0.2) is 0 Å². The first-order chi connectivity index (χ1) is 58.4. The van der Waals surface area contributed by atoms with Crippen LogP contribution in [0.25, 0.3) is 32.7 Å². The van der Waals surface area contributed by atoms with E-state index in [1.165, 1.54) is 43.2 Å². The summed E-state index contributed by atoms with van der Waals surface area (Å²) in [6.45, 7) is 23.9. The van der Waals surface area contributed by atoms with E-state index >= 15 is 0 Å². The van der Waals surface area contributed by atoms with Crippen LogP contribution in [0.3, 0.4) is 0 Å². The van der Waals surface area contributed by atoms with Crippen LogP contribution in [-0.4, -0.2) is 168 Å². The van der Waals surface area contributed by atoms with Crippen LogP contribution in [0.15, 0.2) is 55.0 Å². The number of carbonyl (C=O) groups excluding carboxylic acids is 12. The van der Waals surface area contributed by atoms with Crippen molar-refractivity contribution < 1.29 is 57.5 Å². The highest BCUT2D eigenvalue weighted by molar-refractivity contribution is 6.11. The first-order valence-corrected chi connectivity index (χ1v) is 46.6. The molecule has 122 heavy (non-hydrogen) atoms. The average molecular weight is 1670 g/mol. The lowest BCUT2D eigenvalue weighted by molar-refractivity contribution is -0.139. The molecule has 5 N–H and O–H groups in total. The zero-order valence-corrected chi connectivity index (χ0v) is 74.8. The van der Waals surface area contributed by atoms with Crippen molar-refractivity contribution in [3.8, 4) is 0 Å². The van der Waals surface area contributed by atoms with Crippen LogP contribution in [-0.2, 0) is 88.5 Å². The minimum atomic E-state index is -0.454. The molecule has 9 heterocycles. The van der Waals surface area contributed by atoms with Crippen LogP contribution < -0.4 is 26.6 Å². The fraction of sp³-hybridized carbons (Fsp3) is 0.636. The van der Waals surface area contributed by atoms with Crippen LogP contribution in [0.5, 0.6) is 0 Å². The average Bonchev–Trinajstić information content (AvgIpc) is 1.54. The number of carbonyl (C=O) groups is 12. The minimum absolute atomic E-state index is 0.00280. The number of amides is 6. The van der Waals surface area contributed by atoms with Crippen LogP contribution in [0.1, 0.15) is 296 Å². The van der Waals surface area contributed by atoms with Crippen LogP contribution >= 0.6 is 0 Å². The third-order valence-electron chi connectivity index (χ3n) is 29.5. The van der Waals surface area contributed by atoms with E-state index in [0.29, 0.717) is 112 Å². The number of piperidine rings is 3. The normalized spacial score (nSPS) is 27.9. The summed E-state index contributed by atoms with van der Waals surface area (Å²) in [6, 6.07) is 11.4. The fourth-order valence-electron chi connectivity index (χ4n) is 22.6. The van der Waals surface area contributed by atoms with Crippen LogP contribution in [0.2, 0.25) is 0 Å². The molecule has 658 valence electrons. The number of nitrogens with one attached hydrogen (secondary N) is 5. The summed E-state index contributed by atoms with van der Waals surface area (Å²) in [7, 11) is 1.87. The lowest BCUT2D eigenvalue weighted by atomic mass is 9.89. The number of hydrogen-bond acceptors (Lipinski definition) is 14. The molecule has 12 atom stereocenters. The maximum absolute atomic E-state index is 14.1. The Morgan fingerprint density at radius 3 is 1.11 bits per heavy atom. The van der Waals surface area contributed by atoms with Crippen molar-refractivity contribution in [2.75, 3.05) is 43.9 Å². The predicted octanol–water partition coefficient (Wildman–Crippen LogP) is 15.4. The summed E-state index contributed by atoms with van der Waals surface area (Å²) in [6.07, 6.45) is 31.1. The molecule has 0 spiro atoms. The van der Waals surface area contributed by atoms with Crippen LogP contribution in [0, 0.1) is 45.8 Å². The van der Waals surface area contributed by atoms with Gasteiger partial charge in [0.1, 0.15) is 19.6 Å². The molecule has 7 fully saturated rings. The Morgan fingerprint density at radius 2 is 0.770 bits per heavy atom. The van der Waals surface area contributed by atoms with Gasteiger partial charge in [0.15, 0.2) is 34.7 Å². The van der Waals surface area contributed by atoms with Crippen molar-refractivity contribution >= 4 is 114 Å². The Bertz CT molecular complexity index is 5060. The second-order valence-corrected chi connectivity index (χ2v) is 39.4. The molecule has 4 aliphatic carbocycles. The highest BCUT2D eigenvalue weighted by atomic mass is 16.2. The van der Waals surface area contributed by atoms with Gasteiger partial charge in [-0.2, -0.15) is 0 Å². The Kier molecular flexibility index (Phi) is 27.2. The summed E-state index contributed by atoms with van der Waals surface area (Å²) < 4.78 is 5.88. The second kappa shape index (κ2) is 37.3. The number of hydrogen-bond donors (Lipinski definition) is 5. The lowest BCUT2D eigenvalue weighted by Crippen LogP contribution is -2.44. The summed E-state index contributed by atoms with van der Waals surface area (Å²) in [4.78, 5) is 163. The van der Waals surface area contributed by atoms with Gasteiger partial charge in [-0.15, -0.1) is 0 Å². The molecule has 6 aliphatic heterocycles. The van der Waals surface area contributed by atoms with Crippen LogP contribution in [0.4, 0.5) is 11.4 Å². The molecule has 6 aromatic rings. The number of nitrogens with zero attached hydrogens (tertiary/aromatic N) is 6. The molecule has 6 amide bonds. The third-order valence-corrected chi connectivity index (χ3v) is 29.5. The number of aromatic nitrogens is 3. The fourth-order valence-corrected chi connectivity index (χ4v) is 22.6. The highest BCUT2D eigenvalue weighted by Crippen LogP contribution is 2.62. The van der Waals surface area contributed by atoms with E-state index < -0.39 is 18.1 Å². The van der Waals surface area contributed by atoms with Crippen molar-refractivity contribution in [2.24, 2.45) is 45.8 Å². The standard InChI is InChI=1S/C36H50N4O4.C33H45N3O4.C30H40N4O4/c1-4-31(42)30-17-36-18-32(36)40(30)34(44)21-39-20-29(24(3)41)28-16-27(37-19-25-11-6-5-7-12-25)15-26(35(28)39)13-9-8-10-23(2)14-33(43)38-22-36;1-6-28(38)27-15-33-16-29(33)36(27)31(40)18-35-17-26(22(5)37)25-14-23(11-20(2)3)13-24(32(25)35)10-8-7-9-21(4)12-30(39)34-19-33;1-5-25(36)24-13-30-14-26(30)34(24)28(38)16-33-15-23(19(3)35)22-12-21(31-4)11-20(29(22)33)9-7-6-8-18(2)10-27(37)32-17-30/h15-16,20,23,25,30,32,37H,4-14,17-19,21-22H2,1-3H3,(H,38,43);13-14,17,20-21,27,29H,6-12,15-16,18-19H2,1-5H3,(H,34,39);11-12,15,18,24,26,31H,5-10,13-14,16-17H2,1-4H3,(H,32,37)/t23-,30+,32-,36+;21-,27+,29-,33+;18-,24+,26-,30+/m111/s1. The summed E-state index contributed by atoms with van der Waals surface area (Å²) >= 11 is 0. The Labute approximate surface area is 720 Å². The quantitative estimate of drug-likeness (QED) is 0.0598. The smallest absolute Gasteiger partial charge is 0.243 e. The van der Waals surface area contributed by atoms with Crippen molar-refractivity contribution in [3.05, 3.63) is 93.9 Å². The molecule has 23 nitrogen and oxygen atoms in total. The molecule has 10 aliphatic rings.